The van der Waals surface area contributed by atoms with Gasteiger partial charge in [-0.1, -0.05) is 35.9 Å². The van der Waals surface area contributed by atoms with Crippen molar-refractivity contribution in [3.05, 3.63) is 96.4 Å². The standard InChI is InChI=1S/C27H27N3O6S/c1-20-7-13-24(14-8-20)37(32,33)30-17-15-27(16-18-30)19-25(29-36-27)35-26(31)28-21-9-11-23(12-10-21)34-22-5-3-2-4-6-22/h2-14,19,29H,15-18H2,1H3,(H,28,31). The van der Waals surface area contributed by atoms with E-state index in [4.69, 9.17) is 14.3 Å². The Morgan fingerprint density at radius 3 is 2.27 bits per heavy atom. The molecule has 0 saturated carbocycles. The van der Waals surface area contributed by atoms with Gasteiger partial charge in [-0.2, -0.15) is 4.31 Å². The van der Waals surface area contributed by atoms with Crippen molar-refractivity contribution in [2.75, 3.05) is 18.4 Å². The van der Waals surface area contributed by atoms with Crippen molar-refractivity contribution in [3.8, 4) is 11.5 Å². The van der Waals surface area contributed by atoms with E-state index in [-0.39, 0.29) is 23.9 Å². The largest absolute Gasteiger partial charge is 0.457 e. The second kappa shape index (κ2) is 10.3. The van der Waals surface area contributed by atoms with E-state index in [0.29, 0.717) is 24.3 Å². The minimum Gasteiger partial charge on any atom is -0.457 e. The van der Waals surface area contributed by atoms with Crippen LogP contribution in [0.15, 0.2) is 95.7 Å². The number of hydrogen-bond acceptors (Lipinski definition) is 7. The lowest BCUT2D eigenvalue weighted by atomic mass is 9.93. The molecule has 1 fully saturated rings. The molecule has 192 valence electrons. The number of aryl methyl sites for hydroxylation is 1. The van der Waals surface area contributed by atoms with Gasteiger partial charge in [0.1, 0.15) is 17.1 Å². The zero-order valence-corrected chi connectivity index (χ0v) is 21.0. The number of nitrogens with one attached hydrogen (secondary N) is 2. The Labute approximate surface area is 215 Å². The van der Waals surface area contributed by atoms with E-state index in [2.05, 4.69) is 10.8 Å². The number of benzene rings is 3. The summed E-state index contributed by atoms with van der Waals surface area (Å²) in [6.45, 7) is 2.48. The molecule has 2 heterocycles. The Bertz CT molecular complexity index is 1380. The van der Waals surface area contributed by atoms with Crippen LogP contribution in [0.3, 0.4) is 0 Å². The number of ether oxygens (including phenoxy) is 2. The maximum atomic E-state index is 13.0. The molecule has 2 aliphatic rings. The molecule has 2 aliphatic heterocycles. The molecule has 0 aliphatic carbocycles. The topological polar surface area (TPSA) is 106 Å². The first-order valence-corrected chi connectivity index (χ1v) is 13.3. The van der Waals surface area contributed by atoms with E-state index in [1.165, 1.54) is 4.31 Å². The molecule has 1 amide bonds. The van der Waals surface area contributed by atoms with Crippen LogP contribution in [-0.2, 0) is 19.6 Å². The number of sulfonamides is 1. The second-order valence-corrected chi connectivity index (χ2v) is 10.9. The number of carbonyl (C=O) groups is 1. The van der Waals surface area contributed by atoms with Gasteiger partial charge in [0.2, 0.25) is 15.9 Å². The Balaban J connectivity index is 1.14. The summed E-state index contributed by atoms with van der Waals surface area (Å²) in [6, 6.07) is 23.1. The predicted octanol–water partition coefficient (Wildman–Crippen LogP) is 4.94. The average molecular weight is 522 g/mol. The Kier molecular flexibility index (Phi) is 6.88. The monoisotopic (exact) mass is 521 g/mol. The summed E-state index contributed by atoms with van der Waals surface area (Å²) in [6.07, 6.45) is 1.85. The highest BCUT2D eigenvalue weighted by molar-refractivity contribution is 7.89. The first-order valence-electron chi connectivity index (χ1n) is 11.9. The summed E-state index contributed by atoms with van der Waals surface area (Å²) >= 11 is 0. The van der Waals surface area contributed by atoms with Gasteiger partial charge in [0, 0.05) is 24.9 Å². The fourth-order valence-corrected chi connectivity index (χ4v) is 5.63. The van der Waals surface area contributed by atoms with E-state index in [9.17, 15) is 13.2 Å². The van der Waals surface area contributed by atoms with Crippen LogP contribution in [-0.4, -0.2) is 37.5 Å². The first-order chi connectivity index (χ1) is 17.8. The molecule has 37 heavy (non-hydrogen) atoms. The van der Waals surface area contributed by atoms with E-state index < -0.39 is 21.7 Å². The van der Waals surface area contributed by atoms with Crippen LogP contribution in [0.5, 0.6) is 11.5 Å². The lowest BCUT2D eigenvalue weighted by Crippen LogP contribution is -2.46. The van der Waals surface area contributed by atoms with Crippen LogP contribution in [0.1, 0.15) is 18.4 Å². The Morgan fingerprint density at radius 1 is 0.946 bits per heavy atom. The maximum Gasteiger partial charge on any atom is 0.418 e. The molecule has 3 aromatic rings. The lowest BCUT2D eigenvalue weighted by Gasteiger charge is -2.35. The van der Waals surface area contributed by atoms with E-state index in [1.807, 2.05) is 37.3 Å². The van der Waals surface area contributed by atoms with Gasteiger partial charge in [-0.15, -0.1) is 0 Å². The quantitative estimate of drug-likeness (QED) is 0.473. The molecule has 10 heteroatoms. The highest BCUT2D eigenvalue weighted by Gasteiger charge is 2.42. The molecular weight excluding hydrogens is 494 g/mol. The van der Waals surface area contributed by atoms with Gasteiger partial charge in [0.05, 0.1) is 4.90 Å². The van der Waals surface area contributed by atoms with Crippen LogP contribution >= 0.6 is 0 Å². The molecule has 2 N–H and O–H groups in total. The van der Waals surface area contributed by atoms with Crippen LogP contribution in [0.25, 0.3) is 0 Å². The third-order valence-corrected chi connectivity index (χ3v) is 8.17. The number of para-hydroxylation sites is 1. The molecule has 0 radical (unpaired) electrons. The number of piperidine rings is 1. The second-order valence-electron chi connectivity index (χ2n) is 8.95. The third kappa shape index (κ3) is 5.77. The number of carbonyl (C=O) groups excluding carboxylic acids is 1. The maximum absolute atomic E-state index is 13.0. The minimum atomic E-state index is -3.58. The number of hydroxylamine groups is 1. The normalized spacial score (nSPS) is 17.1. The van der Waals surface area contributed by atoms with Gasteiger partial charge in [0.25, 0.3) is 0 Å². The predicted molar refractivity (Wildman–Crippen MR) is 137 cm³/mol. The van der Waals surface area contributed by atoms with Crippen molar-refractivity contribution in [1.29, 1.82) is 0 Å². The van der Waals surface area contributed by atoms with Crippen molar-refractivity contribution in [1.82, 2.24) is 9.79 Å². The summed E-state index contributed by atoms with van der Waals surface area (Å²) in [5, 5.41) is 2.66. The van der Waals surface area contributed by atoms with Gasteiger partial charge < -0.3 is 9.47 Å². The van der Waals surface area contributed by atoms with Gasteiger partial charge in [-0.3, -0.25) is 10.2 Å². The van der Waals surface area contributed by atoms with Crippen molar-refractivity contribution in [2.45, 2.75) is 30.3 Å². The third-order valence-electron chi connectivity index (χ3n) is 6.26. The van der Waals surface area contributed by atoms with Crippen molar-refractivity contribution in [3.63, 3.8) is 0 Å². The molecule has 1 spiro atoms. The zero-order chi connectivity index (χ0) is 25.9. The first kappa shape index (κ1) is 24.8. The van der Waals surface area contributed by atoms with Crippen LogP contribution in [0.4, 0.5) is 10.5 Å². The number of rotatable bonds is 6. The molecule has 0 bridgehead atoms. The highest BCUT2D eigenvalue weighted by Crippen LogP contribution is 2.34. The summed E-state index contributed by atoms with van der Waals surface area (Å²) in [7, 11) is -3.58. The van der Waals surface area contributed by atoms with Crippen molar-refractivity contribution < 1.29 is 27.5 Å². The van der Waals surface area contributed by atoms with Gasteiger partial charge in [-0.05, 0) is 68.3 Å². The summed E-state index contributed by atoms with van der Waals surface area (Å²) < 4.78 is 38.5. The summed E-state index contributed by atoms with van der Waals surface area (Å²) in [4.78, 5) is 18.4. The molecule has 0 atom stereocenters. The van der Waals surface area contributed by atoms with Gasteiger partial charge >= 0.3 is 6.09 Å². The van der Waals surface area contributed by atoms with Gasteiger partial charge in [-0.25, -0.2) is 18.7 Å². The fourth-order valence-electron chi connectivity index (χ4n) is 4.19. The van der Waals surface area contributed by atoms with E-state index in [0.717, 1.165) is 11.3 Å². The zero-order valence-electron chi connectivity index (χ0n) is 20.2. The SMILES string of the molecule is Cc1ccc(S(=O)(=O)N2CCC3(C=C(OC(=O)Nc4ccc(Oc5ccccc5)cc4)NO3)CC2)cc1. The molecule has 3 aromatic carbocycles. The average Bonchev–Trinajstić information content (AvgIpc) is 3.27. The molecule has 5 rings (SSSR count). The van der Waals surface area contributed by atoms with E-state index in [1.54, 1.807) is 54.6 Å². The fraction of sp³-hybridized carbons (Fsp3) is 0.222. The lowest BCUT2D eigenvalue weighted by molar-refractivity contribution is -0.0726. The summed E-state index contributed by atoms with van der Waals surface area (Å²) in [5.74, 6) is 1.52. The number of hydrogen-bond donors (Lipinski definition) is 2. The van der Waals surface area contributed by atoms with Crippen LogP contribution in [0, 0.1) is 6.92 Å². The molecule has 0 aromatic heterocycles. The summed E-state index contributed by atoms with van der Waals surface area (Å²) in [5.41, 5.74) is 3.44. The molecular formula is C27H27N3O6S. The number of nitrogens with zero attached hydrogens (tertiary/aromatic N) is 1. The number of amides is 1. The van der Waals surface area contributed by atoms with Crippen molar-refractivity contribution in [2.24, 2.45) is 0 Å². The number of anilines is 1. The Morgan fingerprint density at radius 2 is 1.59 bits per heavy atom. The minimum absolute atomic E-state index is 0.163. The molecule has 9 nitrogen and oxygen atoms in total. The van der Waals surface area contributed by atoms with E-state index >= 15 is 0 Å². The van der Waals surface area contributed by atoms with Gasteiger partial charge in [0.15, 0.2) is 0 Å². The Hall–Kier alpha value is -3.86. The van der Waals surface area contributed by atoms with Crippen LogP contribution < -0.4 is 15.5 Å². The highest BCUT2D eigenvalue weighted by atomic mass is 32.2. The van der Waals surface area contributed by atoms with Crippen LogP contribution in [0.2, 0.25) is 0 Å². The smallest absolute Gasteiger partial charge is 0.418 e. The molecule has 1 saturated heterocycles. The van der Waals surface area contributed by atoms with Crippen molar-refractivity contribution >= 4 is 21.8 Å². The molecule has 0 unspecified atom stereocenters.